The average Bonchev–Trinajstić information content (AvgIpc) is 3.02. The van der Waals surface area contributed by atoms with E-state index >= 15 is 0 Å². The van der Waals surface area contributed by atoms with Crippen molar-refractivity contribution in [3.05, 3.63) is 42.0 Å². The molecule has 0 amide bonds. The van der Waals surface area contributed by atoms with E-state index in [1.54, 1.807) is 50.6 Å². The third kappa shape index (κ3) is 3.31. The number of esters is 1. The molecule has 0 saturated carbocycles. The van der Waals surface area contributed by atoms with Crippen LogP contribution in [0.1, 0.15) is 5.56 Å². The van der Waals surface area contributed by atoms with Gasteiger partial charge in [0.1, 0.15) is 17.2 Å². The predicted octanol–water partition coefficient (Wildman–Crippen LogP) is 2.58. The summed E-state index contributed by atoms with van der Waals surface area (Å²) in [7, 11) is 3.12. The van der Waals surface area contributed by atoms with Crippen LogP contribution in [0.2, 0.25) is 0 Å². The lowest BCUT2D eigenvalue weighted by molar-refractivity contribution is -0.133. The number of ether oxygens (including phenoxy) is 5. The van der Waals surface area contributed by atoms with Crippen molar-refractivity contribution in [2.45, 2.75) is 6.42 Å². The molecule has 0 unspecified atom stereocenters. The molecule has 2 aromatic rings. The van der Waals surface area contributed by atoms with Crippen LogP contribution < -0.4 is 23.7 Å². The summed E-state index contributed by atoms with van der Waals surface area (Å²) in [6.45, 7) is 0.174. The number of methoxy groups -OCH3 is 2. The highest BCUT2D eigenvalue weighted by Gasteiger charge is 2.16. The van der Waals surface area contributed by atoms with E-state index in [0.717, 1.165) is 0 Å². The summed E-state index contributed by atoms with van der Waals surface area (Å²) in [5.74, 6) is 2.45. The third-order valence-electron chi connectivity index (χ3n) is 3.40. The average molecular weight is 316 g/mol. The minimum absolute atomic E-state index is 0.0643. The van der Waals surface area contributed by atoms with Gasteiger partial charge in [-0.05, 0) is 30.3 Å². The molecule has 23 heavy (non-hydrogen) atoms. The number of rotatable bonds is 5. The zero-order chi connectivity index (χ0) is 16.2. The Morgan fingerprint density at radius 1 is 1.00 bits per heavy atom. The molecule has 1 aliphatic heterocycles. The molecule has 6 heteroatoms. The zero-order valence-corrected chi connectivity index (χ0v) is 12.8. The van der Waals surface area contributed by atoms with Gasteiger partial charge in [-0.25, -0.2) is 0 Å². The molecule has 0 saturated heterocycles. The Morgan fingerprint density at radius 3 is 2.57 bits per heavy atom. The predicted molar refractivity (Wildman–Crippen MR) is 81.5 cm³/mol. The van der Waals surface area contributed by atoms with Crippen LogP contribution in [0.3, 0.4) is 0 Å². The Kier molecular flexibility index (Phi) is 4.23. The van der Waals surface area contributed by atoms with Crippen molar-refractivity contribution in [2.24, 2.45) is 0 Å². The first-order valence-electron chi connectivity index (χ1n) is 7.01. The van der Waals surface area contributed by atoms with Crippen molar-refractivity contribution in [1.82, 2.24) is 0 Å². The SMILES string of the molecule is COc1ccc(OC)c(CC(=O)Oc2ccc3c(c2)OCO3)c1. The number of carbonyl (C=O) groups excluding carboxylic acids is 1. The minimum Gasteiger partial charge on any atom is -0.497 e. The first-order chi connectivity index (χ1) is 11.2. The van der Waals surface area contributed by atoms with Crippen molar-refractivity contribution in [3.8, 4) is 28.7 Å². The lowest BCUT2D eigenvalue weighted by Crippen LogP contribution is -2.12. The van der Waals surface area contributed by atoms with Crippen LogP contribution in [0, 0.1) is 0 Å². The molecule has 1 aliphatic rings. The van der Waals surface area contributed by atoms with Crippen molar-refractivity contribution < 1.29 is 28.5 Å². The summed E-state index contributed by atoms with van der Waals surface area (Å²) >= 11 is 0. The van der Waals surface area contributed by atoms with Gasteiger partial charge >= 0.3 is 5.97 Å². The summed E-state index contributed by atoms with van der Waals surface area (Å²) < 4.78 is 26.2. The first-order valence-corrected chi connectivity index (χ1v) is 7.01. The van der Waals surface area contributed by atoms with E-state index in [2.05, 4.69) is 0 Å². The topological polar surface area (TPSA) is 63.2 Å². The van der Waals surface area contributed by atoms with Crippen molar-refractivity contribution in [3.63, 3.8) is 0 Å². The largest absolute Gasteiger partial charge is 0.497 e. The van der Waals surface area contributed by atoms with Gasteiger partial charge in [0.15, 0.2) is 11.5 Å². The molecule has 0 radical (unpaired) electrons. The summed E-state index contributed by atoms with van der Waals surface area (Å²) in [5.41, 5.74) is 0.692. The number of hydrogen-bond acceptors (Lipinski definition) is 6. The maximum atomic E-state index is 12.2. The summed E-state index contributed by atoms with van der Waals surface area (Å²) in [4.78, 5) is 12.2. The second-order valence-corrected chi connectivity index (χ2v) is 4.84. The van der Waals surface area contributed by atoms with E-state index in [4.69, 9.17) is 23.7 Å². The number of carbonyl (C=O) groups is 1. The Labute approximate surface area is 133 Å². The van der Waals surface area contributed by atoms with Crippen LogP contribution >= 0.6 is 0 Å². The smallest absolute Gasteiger partial charge is 0.315 e. The van der Waals surface area contributed by atoms with Crippen LogP contribution in [0.5, 0.6) is 28.7 Å². The molecule has 0 N–H and O–H groups in total. The van der Waals surface area contributed by atoms with Gasteiger partial charge in [0.2, 0.25) is 6.79 Å². The fraction of sp³-hybridized carbons (Fsp3) is 0.235. The first kappa shape index (κ1) is 15.0. The molecule has 0 spiro atoms. The van der Waals surface area contributed by atoms with Gasteiger partial charge in [0.05, 0.1) is 20.6 Å². The maximum Gasteiger partial charge on any atom is 0.315 e. The molecule has 0 aliphatic carbocycles. The monoisotopic (exact) mass is 316 g/mol. The van der Waals surface area contributed by atoms with E-state index in [1.165, 1.54) is 0 Å². The second-order valence-electron chi connectivity index (χ2n) is 4.84. The van der Waals surface area contributed by atoms with Gasteiger partial charge in [-0.3, -0.25) is 4.79 Å². The van der Waals surface area contributed by atoms with Crippen LogP contribution in [-0.2, 0) is 11.2 Å². The van der Waals surface area contributed by atoms with E-state index in [-0.39, 0.29) is 13.2 Å². The normalized spacial score (nSPS) is 11.9. The Morgan fingerprint density at radius 2 is 1.78 bits per heavy atom. The maximum absolute atomic E-state index is 12.2. The molecule has 1 heterocycles. The third-order valence-corrected chi connectivity index (χ3v) is 3.40. The molecule has 0 atom stereocenters. The van der Waals surface area contributed by atoms with Crippen molar-refractivity contribution in [2.75, 3.05) is 21.0 Å². The van der Waals surface area contributed by atoms with Crippen LogP contribution in [0.25, 0.3) is 0 Å². The second kappa shape index (κ2) is 6.48. The van der Waals surface area contributed by atoms with Gasteiger partial charge in [-0.1, -0.05) is 0 Å². The zero-order valence-electron chi connectivity index (χ0n) is 12.8. The molecule has 0 fully saturated rings. The molecule has 0 aromatic heterocycles. The molecule has 2 aromatic carbocycles. The quantitative estimate of drug-likeness (QED) is 0.624. The highest BCUT2D eigenvalue weighted by atomic mass is 16.7. The van der Waals surface area contributed by atoms with Crippen LogP contribution in [0.4, 0.5) is 0 Å². The lowest BCUT2D eigenvalue weighted by Gasteiger charge is -2.10. The number of benzene rings is 2. The van der Waals surface area contributed by atoms with E-state index in [1.807, 2.05) is 0 Å². The highest BCUT2D eigenvalue weighted by molar-refractivity contribution is 5.76. The molecule has 0 bridgehead atoms. The Bertz CT molecular complexity index is 725. The summed E-state index contributed by atoms with van der Waals surface area (Å²) in [5, 5.41) is 0. The Balaban J connectivity index is 1.72. The van der Waals surface area contributed by atoms with E-state index in [9.17, 15) is 4.79 Å². The lowest BCUT2D eigenvalue weighted by atomic mass is 10.1. The van der Waals surface area contributed by atoms with Crippen LogP contribution in [0.15, 0.2) is 36.4 Å². The van der Waals surface area contributed by atoms with Gasteiger partial charge in [-0.15, -0.1) is 0 Å². The molecule has 6 nitrogen and oxygen atoms in total. The van der Waals surface area contributed by atoms with E-state index < -0.39 is 5.97 Å². The standard InChI is InChI=1S/C17H16O6/c1-19-12-3-5-14(20-2)11(7-12)8-17(18)23-13-4-6-15-16(9-13)22-10-21-15/h3-7,9H,8,10H2,1-2H3. The fourth-order valence-electron chi connectivity index (χ4n) is 2.28. The van der Waals surface area contributed by atoms with Gasteiger partial charge in [-0.2, -0.15) is 0 Å². The molecular weight excluding hydrogens is 300 g/mol. The minimum atomic E-state index is -0.407. The highest BCUT2D eigenvalue weighted by Crippen LogP contribution is 2.35. The van der Waals surface area contributed by atoms with Crippen LogP contribution in [-0.4, -0.2) is 27.0 Å². The number of hydrogen-bond donors (Lipinski definition) is 0. The van der Waals surface area contributed by atoms with Crippen molar-refractivity contribution in [1.29, 1.82) is 0 Å². The molecule has 3 rings (SSSR count). The van der Waals surface area contributed by atoms with Crippen molar-refractivity contribution >= 4 is 5.97 Å². The molecular formula is C17H16O6. The van der Waals surface area contributed by atoms with Gasteiger partial charge < -0.3 is 23.7 Å². The van der Waals surface area contributed by atoms with E-state index in [0.29, 0.717) is 34.3 Å². The van der Waals surface area contributed by atoms with Gasteiger partial charge in [0.25, 0.3) is 0 Å². The van der Waals surface area contributed by atoms with Gasteiger partial charge in [0, 0.05) is 11.6 Å². The summed E-state index contributed by atoms with van der Waals surface area (Å²) in [6, 6.07) is 10.3. The Hall–Kier alpha value is -2.89. The fourth-order valence-corrected chi connectivity index (χ4v) is 2.28. The summed E-state index contributed by atoms with van der Waals surface area (Å²) in [6.07, 6.45) is 0.0643. The number of fused-ring (bicyclic) bond motifs is 1. The molecule has 120 valence electrons.